The zero-order chi connectivity index (χ0) is 17.3. The molecule has 0 bridgehead atoms. The molecule has 3 rings (SSSR count). The van der Waals surface area contributed by atoms with Gasteiger partial charge in [-0.3, -0.25) is 14.1 Å². The molecule has 126 valence electrons. The fraction of sp³-hybridized carbons (Fsp3) is 0.267. The summed E-state index contributed by atoms with van der Waals surface area (Å²) in [6.45, 7) is 0. The van der Waals surface area contributed by atoms with Crippen LogP contribution in [0.25, 0.3) is 0 Å². The standard InChI is InChI=1S/C15H15N3O5S/c19-14-11(8-16-13-7-6-12(15(20)21)18(13)14)17-24(22,23)9-10-4-2-1-3-5-10/h1-5,8,12,17H,6-7,9H2,(H,20,21)/t12-/m0/s1. The van der Waals surface area contributed by atoms with Crippen LogP contribution in [-0.2, 0) is 27.0 Å². The topological polar surface area (TPSA) is 118 Å². The molecule has 1 aliphatic rings. The first kappa shape index (κ1) is 16.2. The zero-order valence-corrected chi connectivity index (χ0v) is 13.4. The van der Waals surface area contributed by atoms with Crippen LogP contribution in [0.2, 0.25) is 0 Å². The zero-order valence-electron chi connectivity index (χ0n) is 12.5. The molecule has 0 saturated heterocycles. The number of sulfonamides is 1. The molecular formula is C15H15N3O5S. The monoisotopic (exact) mass is 349 g/mol. The Morgan fingerprint density at radius 3 is 2.71 bits per heavy atom. The lowest BCUT2D eigenvalue weighted by Gasteiger charge is -2.12. The number of aromatic nitrogens is 2. The van der Waals surface area contributed by atoms with E-state index in [4.69, 9.17) is 0 Å². The molecule has 0 aliphatic carbocycles. The van der Waals surface area contributed by atoms with E-state index in [0.717, 1.165) is 10.8 Å². The number of carboxylic acid groups (broad SMARTS) is 1. The highest BCUT2D eigenvalue weighted by molar-refractivity contribution is 7.91. The van der Waals surface area contributed by atoms with Gasteiger partial charge in [0.25, 0.3) is 5.56 Å². The van der Waals surface area contributed by atoms with Crippen LogP contribution in [0.4, 0.5) is 5.69 Å². The van der Waals surface area contributed by atoms with E-state index in [1.54, 1.807) is 30.3 Å². The number of fused-ring (bicyclic) bond motifs is 1. The van der Waals surface area contributed by atoms with Gasteiger partial charge in [0.15, 0.2) is 0 Å². The summed E-state index contributed by atoms with van der Waals surface area (Å²) in [7, 11) is -3.82. The van der Waals surface area contributed by atoms with Crippen molar-refractivity contribution in [1.82, 2.24) is 9.55 Å². The maximum Gasteiger partial charge on any atom is 0.326 e. The van der Waals surface area contributed by atoms with E-state index >= 15 is 0 Å². The summed E-state index contributed by atoms with van der Waals surface area (Å²) < 4.78 is 27.7. The minimum absolute atomic E-state index is 0.247. The number of aliphatic carboxylic acids is 1. The average Bonchev–Trinajstić information content (AvgIpc) is 2.95. The molecule has 0 amide bonds. The molecule has 2 aromatic rings. The summed E-state index contributed by atoms with van der Waals surface area (Å²) in [5.41, 5.74) is -0.369. The molecule has 0 saturated carbocycles. The molecule has 9 heteroatoms. The van der Waals surface area contributed by atoms with E-state index < -0.39 is 27.6 Å². The molecule has 2 N–H and O–H groups in total. The van der Waals surface area contributed by atoms with E-state index in [2.05, 4.69) is 9.71 Å². The lowest BCUT2D eigenvalue weighted by Crippen LogP contribution is -2.31. The maximum absolute atomic E-state index is 12.4. The number of nitrogens with zero attached hydrogens (tertiary/aromatic N) is 2. The maximum atomic E-state index is 12.4. The van der Waals surface area contributed by atoms with Crippen molar-refractivity contribution >= 4 is 21.7 Å². The minimum atomic E-state index is -3.82. The van der Waals surface area contributed by atoms with Crippen LogP contribution in [-0.4, -0.2) is 29.0 Å². The number of rotatable bonds is 5. The molecular weight excluding hydrogens is 334 g/mol. The molecule has 0 unspecified atom stereocenters. The quantitative estimate of drug-likeness (QED) is 0.822. The van der Waals surface area contributed by atoms with Crippen molar-refractivity contribution in [3.63, 3.8) is 0 Å². The van der Waals surface area contributed by atoms with Gasteiger partial charge in [0, 0.05) is 6.42 Å². The second-order valence-electron chi connectivity index (χ2n) is 5.50. The van der Waals surface area contributed by atoms with Crippen molar-refractivity contribution in [1.29, 1.82) is 0 Å². The van der Waals surface area contributed by atoms with E-state index in [0.29, 0.717) is 17.8 Å². The number of carbonyl (C=O) groups is 1. The molecule has 0 fully saturated rings. The van der Waals surface area contributed by atoms with Gasteiger partial charge in [-0.15, -0.1) is 0 Å². The number of hydrogen-bond donors (Lipinski definition) is 2. The van der Waals surface area contributed by atoms with Gasteiger partial charge in [0.2, 0.25) is 10.0 Å². The summed E-state index contributed by atoms with van der Waals surface area (Å²) in [4.78, 5) is 27.7. The van der Waals surface area contributed by atoms with Crippen molar-refractivity contribution in [3.8, 4) is 0 Å². The number of nitrogens with one attached hydrogen (secondary N) is 1. The molecule has 1 aliphatic heterocycles. The number of benzene rings is 1. The van der Waals surface area contributed by atoms with Crippen LogP contribution >= 0.6 is 0 Å². The number of aryl methyl sites for hydroxylation is 1. The summed E-state index contributed by atoms with van der Waals surface area (Å²) >= 11 is 0. The molecule has 1 aromatic heterocycles. The van der Waals surface area contributed by atoms with Gasteiger partial charge >= 0.3 is 5.97 Å². The Hall–Kier alpha value is -2.68. The first-order valence-electron chi connectivity index (χ1n) is 7.25. The van der Waals surface area contributed by atoms with E-state index in [1.807, 2.05) is 0 Å². The van der Waals surface area contributed by atoms with Gasteiger partial charge in [-0.05, 0) is 12.0 Å². The van der Waals surface area contributed by atoms with Crippen LogP contribution in [0.3, 0.4) is 0 Å². The number of carboxylic acids is 1. The third kappa shape index (κ3) is 3.16. The Labute approximate surface area is 137 Å². The van der Waals surface area contributed by atoms with Crippen molar-refractivity contribution in [2.24, 2.45) is 0 Å². The van der Waals surface area contributed by atoms with Gasteiger partial charge in [0.1, 0.15) is 17.6 Å². The van der Waals surface area contributed by atoms with Gasteiger partial charge in [-0.2, -0.15) is 0 Å². The van der Waals surface area contributed by atoms with Crippen LogP contribution < -0.4 is 10.3 Å². The lowest BCUT2D eigenvalue weighted by atomic mass is 10.2. The van der Waals surface area contributed by atoms with Crippen molar-refractivity contribution < 1.29 is 18.3 Å². The lowest BCUT2D eigenvalue weighted by molar-refractivity contribution is -0.140. The van der Waals surface area contributed by atoms with Gasteiger partial charge in [-0.1, -0.05) is 30.3 Å². The summed E-state index contributed by atoms with van der Waals surface area (Å²) in [5.74, 6) is -1.09. The highest BCUT2D eigenvalue weighted by Crippen LogP contribution is 2.23. The molecule has 24 heavy (non-hydrogen) atoms. The Balaban J connectivity index is 1.90. The first-order chi connectivity index (χ1) is 11.4. The first-order valence-corrected chi connectivity index (χ1v) is 8.90. The van der Waals surface area contributed by atoms with E-state index in [1.165, 1.54) is 0 Å². The predicted octanol–water partition coefficient (Wildman–Crippen LogP) is 0.757. The third-order valence-corrected chi connectivity index (χ3v) is 5.02. The Bertz CT molecular complexity index is 937. The SMILES string of the molecule is O=C(O)[C@@H]1CCc2ncc(NS(=O)(=O)Cc3ccccc3)c(=O)n21. The molecule has 8 nitrogen and oxygen atoms in total. The molecule has 1 aromatic carbocycles. The van der Waals surface area contributed by atoms with Crippen LogP contribution in [0.15, 0.2) is 41.3 Å². The summed E-state index contributed by atoms with van der Waals surface area (Å²) in [5, 5.41) is 9.18. The highest BCUT2D eigenvalue weighted by Gasteiger charge is 2.31. The van der Waals surface area contributed by atoms with Crippen molar-refractivity contribution in [3.05, 3.63) is 58.3 Å². The Morgan fingerprint density at radius 1 is 1.33 bits per heavy atom. The second-order valence-corrected chi connectivity index (χ2v) is 7.23. The predicted molar refractivity (Wildman–Crippen MR) is 86.2 cm³/mol. The fourth-order valence-electron chi connectivity index (χ4n) is 2.71. The summed E-state index contributed by atoms with van der Waals surface area (Å²) in [6.07, 6.45) is 1.77. The second kappa shape index (κ2) is 6.08. The molecule has 2 heterocycles. The minimum Gasteiger partial charge on any atom is -0.480 e. The Morgan fingerprint density at radius 2 is 2.04 bits per heavy atom. The van der Waals surface area contributed by atoms with Crippen molar-refractivity contribution in [2.45, 2.75) is 24.6 Å². The number of hydrogen-bond acceptors (Lipinski definition) is 5. The normalized spacial score (nSPS) is 16.6. The van der Waals surface area contributed by atoms with Gasteiger partial charge in [-0.25, -0.2) is 18.2 Å². The molecule has 0 radical (unpaired) electrons. The fourth-order valence-corrected chi connectivity index (χ4v) is 3.88. The van der Waals surface area contributed by atoms with Crippen LogP contribution in [0.1, 0.15) is 23.9 Å². The molecule has 0 spiro atoms. The van der Waals surface area contributed by atoms with Crippen molar-refractivity contribution in [2.75, 3.05) is 4.72 Å². The Kier molecular flexibility index (Phi) is 4.10. The summed E-state index contributed by atoms with van der Waals surface area (Å²) in [6, 6.07) is 7.51. The third-order valence-electron chi connectivity index (χ3n) is 3.77. The smallest absolute Gasteiger partial charge is 0.326 e. The van der Waals surface area contributed by atoms with Gasteiger partial charge in [0.05, 0.1) is 11.9 Å². The van der Waals surface area contributed by atoms with Crippen LogP contribution in [0.5, 0.6) is 0 Å². The average molecular weight is 349 g/mol. The van der Waals surface area contributed by atoms with Gasteiger partial charge < -0.3 is 5.11 Å². The largest absolute Gasteiger partial charge is 0.480 e. The highest BCUT2D eigenvalue weighted by atomic mass is 32.2. The van der Waals surface area contributed by atoms with Crippen LogP contribution in [0, 0.1) is 0 Å². The van der Waals surface area contributed by atoms with E-state index in [9.17, 15) is 23.1 Å². The number of anilines is 1. The van der Waals surface area contributed by atoms with E-state index in [-0.39, 0.29) is 17.9 Å². The molecule has 1 atom stereocenters.